The monoisotopic (exact) mass is 261 g/mol. The van der Waals surface area contributed by atoms with Crippen LogP contribution in [-0.4, -0.2) is 19.3 Å². The molecule has 2 heteroatoms. The van der Waals surface area contributed by atoms with Crippen molar-refractivity contribution >= 4 is 0 Å². The third-order valence-corrected chi connectivity index (χ3v) is 4.15. The van der Waals surface area contributed by atoms with E-state index in [9.17, 15) is 0 Å². The summed E-state index contributed by atoms with van der Waals surface area (Å²) in [4.78, 5) is 0. The first-order valence-corrected chi connectivity index (χ1v) is 7.75. The molecule has 2 rings (SSSR count). The van der Waals surface area contributed by atoms with Gasteiger partial charge in [-0.3, -0.25) is 0 Å². The Morgan fingerprint density at radius 2 is 2.05 bits per heavy atom. The molecule has 1 aromatic carbocycles. The van der Waals surface area contributed by atoms with Gasteiger partial charge in [0.25, 0.3) is 0 Å². The average molecular weight is 261 g/mol. The minimum absolute atomic E-state index is 0.463. The summed E-state index contributed by atoms with van der Waals surface area (Å²) in [5.74, 6) is 0.688. The van der Waals surface area contributed by atoms with Gasteiger partial charge < -0.3 is 10.1 Å². The highest BCUT2D eigenvalue weighted by molar-refractivity contribution is 5.18. The summed E-state index contributed by atoms with van der Waals surface area (Å²) in [7, 11) is 0. The van der Waals surface area contributed by atoms with E-state index >= 15 is 0 Å². The summed E-state index contributed by atoms with van der Waals surface area (Å²) in [6.45, 7) is 6.50. The minimum atomic E-state index is 0.463. The van der Waals surface area contributed by atoms with Gasteiger partial charge in [0.15, 0.2) is 0 Å². The molecule has 2 nitrogen and oxygen atoms in total. The Bertz CT molecular complexity index is 352. The van der Waals surface area contributed by atoms with Crippen LogP contribution in [0.4, 0.5) is 0 Å². The molecule has 1 heterocycles. The summed E-state index contributed by atoms with van der Waals surface area (Å²) in [6.07, 6.45) is 5.22. The SMILES string of the molecule is CCCC(NCC1CCOC1CC)c1ccccc1. The summed E-state index contributed by atoms with van der Waals surface area (Å²) in [6, 6.07) is 11.3. The molecular formula is C17H27NO. The maximum Gasteiger partial charge on any atom is 0.0613 e. The van der Waals surface area contributed by atoms with Crippen molar-refractivity contribution in [2.75, 3.05) is 13.2 Å². The molecule has 106 valence electrons. The van der Waals surface area contributed by atoms with E-state index in [1.54, 1.807) is 0 Å². The Kier molecular flexibility index (Phi) is 5.87. The molecule has 1 fully saturated rings. The molecular weight excluding hydrogens is 234 g/mol. The molecule has 19 heavy (non-hydrogen) atoms. The van der Waals surface area contributed by atoms with Crippen LogP contribution in [0.1, 0.15) is 51.1 Å². The van der Waals surface area contributed by atoms with E-state index in [-0.39, 0.29) is 0 Å². The topological polar surface area (TPSA) is 21.3 Å². The first-order valence-electron chi connectivity index (χ1n) is 7.75. The maximum atomic E-state index is 5.77. The van der Waals surface area contributed by atoms with E-state index in [2.05, 4.69) is 49.5 Å². The van der Waals surface area contributed by atoms with Gasteiger partial charge in [0, 0.05) is 19.2 Å². The van der Waals surface area contributed by atoms with E-state index in [0.29, 0.717) is 18.1 Å². The van der Waals surface area contributed by atoms with E-state index in [4.69, 9.17) is 4.74 Å². The fourth-order valence-electron chi connectivity index (χ4n) is 3.03. The van der Waals surface area contributed by atoms with Crippen LogP contribution in [0.15, 0.2) is 30.3 Å². The van der Waals surface area contributed by atoms with Crippen LogP contribution in [0.2, 0.25) is 0 Å². The molecule has 1 saturated heterocycles. The smallest absolute Gasteiger partial charge is 0.0613 e. The lowest BCUT2D eigenvalue weighted by Gasteiger charge is -2.23. The summed E-state index contributed by atoms with van der Waals surface area (Å²) in [5.41, 5.74) is 1.41. The highest BCUT2D eigenvalue weighted by Crippen LogP contribution is 2.25. The van der Waals surface area contributed by atoms with Crippen LogP contribution >= 0.6 is 0 Å². The number of rotatable bonds is 7. The molecule has 0 aromatic heterocycles. The van der Waals surface area contributed by atoms with Crippen molar-refractivity contribution in [3.63, 3.8) is 0 Å². The fourth-order valence-corrected chi connectivity index (χ4v) is 3.03. The molecule has 1 N–H and O–H groups in total. The third-order valence-electron chi connectivity index (χ3n) is 4.15. The van der Waals surface area contributed by atoms with Gasteiger partial charge in [0.2, 0.25) is 0 Å². The van der Waals surface area contributed by atoms with Crippen molar-refractivity contribution in [3.05, 3.63) is 35.9 Å². The molecule has 0 aliphatic carbocycles. The molecule has 0 saturated carbocycles. The molecule has 3 atom stereocenters. The molecule has 0 radical (unpaired) electrons. The van der Waals surface area contributed by atoms with Crippen molar-refractivity contribution < 1.29 is 4.74 Å². The highest BCUT2D eigenvalue weighted by Gasteiger charge is 2.27. The van der Waals surface area contributed by atoms with Gasteiger partial charge in [-0.2, -0.15) is 0 Å². The van der Waals surface area contributed by atoms with Crippen LogP contribution in [0, 0.1) is 5.92 Å². The molecule has 0 amide bonds. The predicted octanol–water partition coefficient (Wildman–Crippen LogP) is 3.93. The van der Waals surface area contributed by atoms with Crippen LogP contribution in [-0.2, 0) is 4.74 Å². The number of benzene rings is 1. The van der Waals surface area contributed by atoms with Gasteiger partial charge >= 0.3 is 0 Å². The summed E-state index contributed by atoms with van der Waals surface area (Å²) >= 11 is 0. The fraction of sp³-hybridized carbons (Fsp3) is 0.647. The Morgan fingerprint density at radius 1 is 1.26 bits per heavy atom. The lowest BCUT2D eigenvalue weighted by Crippen LogP contribution is -2.31. The van der Waals surface area contributed by atoms with Crippen molar-refractivity contribution in [3.8, 4) is 0 Å². The second-order valence-electron chi connectivity index (χ2n) is 5.53. The molecule has 0 spiro atoms. The maximum absolute atomic E-state index is 5.77. The predicted molar refractivity (Wildman–Crippen MR) is 80.2 cm³/mol. The molecule has 3 unspecified atom stereocenters. The molecule has 1 aromatic rings. The van der Waals surface area contributed by atoms with Gasteiger partial charge in [-0.15, -0.1) is 0 Å². The van der Waals surface area contributed by atoms with E-state index < -0.39 is 0 Å². The third kappa shape index (κ3) is 4.05. The van der Waals surface area contributed by atoms with Gasteiger partial charge in [-0.1, -0.05) is 50.6 Å². The van der Waals surface area contributed by atoms with Gasteiger partial charge in [-0.05, 0) is 30.7 Å². The standard InChI is InChI=1S/C17H27NO/c1-3-8-16(14-9-6-5-7-10-14)18-13-15-11-12-19-17(15)4-2/h5-7,9-10,15-18H,3-4,8,11-13H2,1-2H3. The van der Waals surface area contributed by atoms with Crippen molar-refractivity contribution in [1.82, 2.24) is 5.32 Å². The quantitative estimate of drug-likeness (QED) is 0.803. The number of ether oxygens (including phenoxy) is 1. The number of nitrogens with one attached hydrogen (secondary N) is 1. The second kappa shape index (κ2) is 7.66. The second-order valence-corrected chi connectivity index (χ2v) is 5.53. The van der Waals surface area contributed by atoms with E-state index in [0.717, 1.165) is 19.6 Å². The zero-order valence-electron chi connectivity index (χ0n) is 12.3. The van der Waals surface area contributed by atoms with Crippen molar-refractivity contribution in [2.45, 2.75) is 51.7 Å². The van der Waals surface area contributed by atoms with E-state index in [1.807, 2.05) is 0 Å². The summed E-state index contributed by atoms with van der Waals surface area (Å²) in [5, 5.41) is 3.76. The first-order chi connectivity index (χ1) is 9.35. The minimum Gasteiger partial charge on any atom is -0.378 e. The van der Waals surface area contributed by atoms with Crippen molar-refractivity contribution in [2.24, 2.45) is 5.92 Å². The summed E-state index contributed by atoms with van der Waals surface area (Å²) < 4.78 is 5.77. The van der Waals surface area contributed by atoms with Crippen LogP contribution in [0.5, 0.6) is 0 Å². The molecule has 1 aliphatic rings. The van der Waals surface area contributed by atoms with Crippen LogP contribution < -0.4 is 5.32 Å². The number of hydrogen-bond acceptors (Lipinski definition) is 2. The van der Waals surface area contributed by atoms with Gasteiger partial charge in [0.1, 0.15) is 0 Å². The normalized spacial score (nSPS) is 24.5. The number of hydrogen-bond donors (Lipinski definition) is 1. The highest BCUT2D eigenvalue weighted by atomic mass is 16.5. The van der Waals surface area contributed by atoms with Crippen LogP contribution in [0.3, 0.4) is 0 Å². The average Bonchev–Trinajstić information content (AvgIpc) is 2.92. The van der Waals surface area contributed by atoms with Gasteiger partial charge in [-0.25, -0.2) is 0 Å². The van der Waals surface area contributed by atoms with Crippen LogP contribution in [0.25, 0.3) is 0 Å². The van der Waals surface area contributed by atoms with Gasteiger partial charge in [0.05, 0.1) is 6.10 Å². The molecule has 0 bridgehead atoms. The Morgan fingerprint density at radius 3 is 2.74 bits per heavy atom. The zero-order valence-corrected chi connectivity index (χ0v) is 12.3. The van der Waals surface area contributed by atoms with Crippen molar-refractivity contribution in [1.29, 1.82) is 0 Å². The lowest BCUT2D eigenvalue weighted by molar-refractivity contribution is 0.0865. The van der Waals surface area contributed by atoms with E-state index in [1.165, 1.54) is 24.8 Å². The lowest BCUT2D eigenvalue weighted by atomic mass is 9.97. The largest absolute Gasteiger partial charge is 0.378 e. The molecule has 1 aliphatic heterocycles. The Labute approximate surface area is 117 Å². The zero-order chi connectivity index (χ0) is 13.5. The first kappa shape index (κ1) is 14.5. The Balaban J connectivity index is 1.90. The Hall–Kier alpha value is -0.860.